The van der Waals surface area contributed by atoms with E-state index in [0.29, 0.717) is 19.0 Å². The van der Waals surface area contributed by atoms with E-state index in [1.54, 1.807) is 11.3 Å². The molecular formula is C13H21NOS. The number of hydrogen-bond acceptors (Lipinski definition) is 3. The molecule has 0 radical (unpaired) electrons. The largest absolute Gasteiger partial charge is 0.307 e. The predicted octanol–water partition coefficient (Wildman–Crippen LogP) is 2.81. The average molecular weight is 239 g/mol. The smallest absolute Gasteiger partial charge is 0.151 e. The summed E-state index contributed by atoms with van der Waals surface area (Å²) >= 11 is 1.75. The molecule has 3 heteroatoms. The molecule has 0 aromatic carbocycles. The van der Waals surface area contributed by atoms with Crippen molar-refractivity contribution in [2.75, 3.05) is 6.54 Å². The van der Waals surface area contributed by atoms with Gasteiger partial charge in [0, 0.05) is 22.2 Å². The molecule has 1 N–H and O–H groups in total. The van der Waals surface area contributed by atoms with E-state index in [9.17, 15) is 4.79 Å². The lowest BCUT2D eigenvalue weighted by atomic mass is 10.2. The van der Waals surface area contributed by atoms with Crippen LogP contribution >= 0.6 is 11.3 Å². The molecule has 0 amide bonds. The molecule has 2 nitrogen and oxygen atoms in total. The SMILES string of the molecule is CCc1ccc(CC(=O)CNC(C)CC)s1. The van der Waals surface area contributed by atoms with Gasteiger partial charge in [0.2, 0.25) is 0 Å². The van der Waals surface area contributed by atoms with Crippen LogP contribution in [0.2, 0.25) is 0 Å². The van der Waals surface area contributed by atoms with Crippen LogP contribution in [0.5, 0.6) is 0 Å². The zero-order valence-corrected chi connectivity index (χ0v) is 11.2. The van der Waals surface area contributed by atoms with E-state index in [0.717, 1.165) is 12.8 Å². The van der Waals surface area contributed by atoms with Gasteiger partial charge in [-0.25, -0.2) is 0 Å². The van der Waals surface area contributed by atoms with E-state index in [1.807, 2.05) is 0 Å². The summed E-state index contributed by atoms with van der Waals surface area (Å²) in [6, 6.07) is 4.62. The molecule has 0 saturated carbocycles. The summed E-state index contributed by atoms with van der Waals surface area (Å²) in [7, 11) is 0. The summed E-state index contributed by atoms with van der Waals surface area (Å²) in [6.07, 6.45) is 2.70. The Morgan fingerprint density at radius 2 is 2.06 bits per heavy atom. The van der Waals surface area contributed by atoms with Crippen molar-refractivity contribution in [3.05, 3.63) is 21.9 Å². The Kier molecular flexibility index (Phi) is 5.71. The van der Waals surface area contributed by atoms with Crippen LogP contribution in [0, 0.1) is 0 Å². The van der Waals surface area contributed by atoms with Crippen LogP contribution in [0.3, 0.4) is 0 Å². The van der Waals surface area contributed by atoms with Crippen LogP contribution in [-0.2, 0) is 17.6 Å². The highest BCUT2D eigenvalue weighted by Crippen LogP contribution is 2.17. The molecule has 1 unspecified atom stereocenters. The lowest BCUT2D eigenvalue weighted by molar-refractivity contribution is -0.117. The van der Waals surface area contributed by atoms with Crippen molar-refractivity contribution < 1.29 is 4.79 Å². The van der Waals surface area contributed by atoms with Gasteiger partial charge < -0.3 is 5.32 Å². The molecule has 1 rings (SSSR count). The molecule has 90 valence electrons. The highest BCUT2D eigenvalue weighted by atomic mass is 32.1. The fourth-order valence-electron chi connectivity index (χ4n) is 1.40. The molecule has 1 aromatic heterocycles. The Labute approximate surface area is 102 Å². The minimum absolute atomic E-state index is 0.282. The number of carbonyl (C=O) groups excluding carboxylic acids is 1. The van der Waals surface area contributed by atoms with Crippen LogP contribution in [0.25, 0.3) is 0 Å². The maximum absolute atomic E-state index is 11.7. The summed E-state index contributed by atoms with van der Waals surface area (Å²) in [5.74, 6) is 0.282. The Hall–Kier alpha value is -0.670. The second kappa shape index (κ2) is 6.81. The lowest BCUT2D eigenvalue weighted by Crippen LogP contribution is -2.31. The van der Waals surface area contributed by atoms with Crippen molar-refractivity contribution >= 4 is 17.1 Å². The number of thiophene rings is 1. The van der Waals surface area contributed by atoms with E-state index >= 15 is 0 Å². The fourth-order valence-corrected chi connectivity index (χ4v) is 2.38. The zero-order valence-electron chi connectivity index (χ0n) is 10.4. The van der Waals surface area contributed by atoms with Crippen LogP contribution in [0.1, 0.15) is 36.9 Å². The summed E-state index contributed by atoms with van der Waals surface area (Å²) in [5, 5.41) is 3.23. The number of aryl methyl sites for hydroxylation is 1. The third kappa shape index (κ3) is 4.45. The summed E-state index contributed by atoms with van der Waals surface area (Å²) < 4.78 is 0. The van der Waals surface area contributed by atoms with Gasteiger partial charge in [-0.1, -0.05) is 13.8 Å². The molecule has 1 heterocycles. The van der Waals surface area contributed by atoms with Gasteiger partial charge in [-0.05, 0) is 31.9 Å². The zero-order chi connectivity index (χ0) is 12.0. The van der Waals surface area contributed by atoms with Crippen LogP contribution in [-0.4, -0.2) is 18.4 Å². The van der Waals surface area contributed by atoms with Crippen molar-refractivity contribution in [1.29, 1.82) is 0 Å². The van der Waals surface area contributed by atoms with Gasteiger partial charge in [-0.2, -0.15) is 0 Å². The van der Waals surface area contributed by atoms with Crippen molar-refractivity contribution in [1.82, 2.24) is 5.32 Å². The third-order valence-electron chi connectivity index (χ3n) is 2.70. The van der Waals surface area contributed by atoms with E-state index in [4.69, 9.17) is 0 Å². The van der Waals surface area contributed by atoms with Gasteiger partial charge in [0.15, 0.2) is 5.78 Å². The van der Waals surface area contributed by atoms with Gasteiger partial charge in [0.05, 0.1) is 6.54 Å². The Balaban J connectivity index is 2.33. The van der Waals surface area contributed by atoms with Crippen LogP contribution in [0.4, 0.5) is 0 Å². The molecule has 0 fully saturated rings. The van der Waals surface area contributed by atoms with E-state index in [1.165, 1.54) is 9.75 Å². The standard InChI is InChI=1S/C13H21NOS/c1-4-10(3)14-9-11(15)8-13-7-6-12(5-2)16-13/h6-7,10,14H,4-5,8-9H2,1-3H3. The van der Waals surface area contributed by atoms with Gasteiger partial charge in [-0.3, -0.25) is 4.79 Å². The quantitative estimate of drug-likeness (QED) is 0.792. The van der Waals surface area contributed by atoms with Gasteiger partial charge >= 0.3 is 0 Å². The fraction of sp³-hybridized carbons (Fsp3) is 0.615. The molecule has 1 aromatic rings. The van der Waals surface area contributed by atoms with Gasteiger partial charge in [-0.15, -0.1) is 11.3 Å². The van der Waals surface area contributed by atoms with Crippen LogP contribution in [0.15, 0.2) is 12.1 Å². The first-order chi connectivity index (χ1) is 7.65. The van der Waals surface area contributed by atoms with Gasteiger partial charge in [0.25, 0.3) is 0 Å². The predicted molar refractivity (Wildman–Crippen MR) is 70.2 cm³/mol. The molecule has 16 heavy (non-hydrogen) atoms. The van der Waals surface area contributed by atoms with E-state index in [-0.39, 0.29) is 5.78 Å². The Bertz CT molecular complexity index is 332. The Morgan fingerprint density at radius 3 is 2.62 bits per heavy atom. The first-order valence-electron chi connectivity index (χ1n) is 5.98. The van der Waals surface area contributed by atoms with E-state index in [2.05, 4.69) is 38.2 Å². The van der Waals surface area contributed by atoms with Crippen molar-refractivity contribution in [2.45, 2.75) is 46.1 Å². The topological polar surface area (TPSA) is 29.1 Å². The molecule has 0 aliphatic heterocycles. The number of nitrogens with one attached hydrogen (secondary N) is 1. The second-order valence-electron chi connectivity index (χ2n) is 4.13. The molecular weight excluding hydrogens is 218 g/mol. The molecule has 0 saturated heterocycles. The highest BCUT2D eigenvalue weighted by Gasteiger charge is 2.07. The Morgan fingerprint density at radius 1 is 1.38 bits per heavy atom. The number of carbonyl (C=O) groups is 1. The first kappa shape index (κ1) is 13.4. The molecule has 0 aliphatic rings. The number of ketones is 1. The maximum Gasteiger partial charge on any atom is 0.151 e. The minimum atomic E-state index is 0.282. The maximum atomic E-state index is 11.7. The summed E-state index contributed by atoms with van der Waals surface area (Å²) in [4.78, 5) is 14.2. The lowest BCUT2D eigenvalue weighted by Gasteiger charge is -2.09. The first-order valence-corrected chi connectivity index (χ1v) is 6.80. The number of rotatable bonds is 7. The van der Waals surface area contributed by atoms with Gasteiger partial charge in [0.1, 0.15) is 0 Å². The molecule has 0 spiro atoms. The van der Waals surface area contributed by atoms with Crippen LogP contribution < -0.4 is 5.32 Å². The van der Waals surface area contributed by atoms with Crippen molar-refractivity contribution in [3.8, 4) is 0 Å². The normalized spacial score (nSPS) is 12.7. The number of Topliss-reactive ketones (excluding diaryl/α,β-unsaturated/α-hetero) is 1. The number of hydrogen-bond donors (Lipinski definition) is 1. The summed E-state index contributed by atoms with van der Waals surface area (Å²) in [6.45, 7) is 6.86. The van der Waals surface area contributed by atoms with Crippen molar-refractivity contribution in [3.63, 3.8) is 0 Å². The minimum Gasteiger partial charge on any atom is -0.307 e. The second-order valence-corrected chi connectivity index (χ2v) is 5.38. The monoisotopic (exact) mass is 239 g/mol. The average Bonchev–Trinajstić information content (AvgIpc) is 2.73. The highest BCUT2D eigenvalue weighted by molar-refractivity contribution is 7.12. The molecule has 0 bridgehead atoms. The van der Waals surface area contributed by atoms with Crippen molar-refractivity contribution in [2.24, 2.45) is 0 Å². The summed E-state index contributed by atoms with van der Waals surface area (Å²) in [5.41, 5.74) is 0. The molecule has 1 atom stereocenters. The van der Waals surface area contributed by atoms with E-state index < -0.39 is 0 Å². The third-order valence-corrected chi connectivity index (χ3v) is 3.93. The molecule has 0 aliphatic carbocycles.